The van der Waals surface area contributed by atoms with Crippen molar-refractivity contribution in [2.75, 3.05) is 0 Å². The largest absolute Gasteiger partial charge is 0.285 e. The molecule has 0 N–H and O–H groups in total. The summed E-state index contributed by atoms with van der Waals surface area (Å²) < 4.78 is 3.00. The minimum absolute atomic E-state index is 0. The Morgan fingerprint density at radius 3 is 2.26 bits per heavy atom. The van der Waals surface area contributed by atoms with Crippen molar-refractivity contribution >= 4 is 21.6 Å². The monoisotopic (exact) mass is 546 g/mol. The number of fused-ring (bicyclic) bond motifs is 1. The number of aromatic nitrogens is 3. The first-order valence-corrected chi connectivity index (χ1v) is 9.01. The predicted molar refractivity (Wildman–Crippen MR) is 106 cm³/mol. The molecule has 0 unspecified atom stereocenters. The van der Waals surface area contributed by atoms with Gasteiger partial charge < -0.3 is 0 Å². The molecule has 0 aliphatic carbocycles. The van der Waals surface area contributed by atoms with Crippen LogP contribution in [0.15, 0.2) is 91.3 Å². The average molecular weight is 546 g/mol. The molecule has 0 bridgehead atoms. The molecular weight excluding hydrogens is 531 g/mol. The normalized spacial score (nSPS) is 9.93. The fourth-order valence-corrected chi connectivity index (χ4v) is 3.41. The van der Waals surface area contributed by atoms with Crippen LogP contribution in [-0.4, -0.2) is 14.8 Å². The van der Waals surface area contributed by atoms with Crippen molar-refractivity contribution in [2.24, 2.45) is 0 Å². The quantitative estimate of drug-likeness (QED) is 0.277. The zero-order chi connectivity index (χ0) is 17.6. The summed E-state index contributed by atoms with van der Waals surface area (Å²) in [5.74, 6) is 0. The van der Waals surface area contributed by atoms with Gasteiger partial charge in [-0.2, -0.15) is 40.7 Å². The SMILES string of the molecule is [Ir].[c-]1ccccc1-c1nc2ccccc2s1.[c-]1ccccc1-n1cccn1. The molecule has 5 heteroatoms. The second kappa shape index (κ2) is 9.38. The molecule has 0 amide bonds. The Morgan fingerprint density at radius 2 is 1.59 bits per heavy atom. The fraction of sp³-hybridized carbons (Fsp3) is 0. The van der Waals surface area contributed by atoms with Crippen molar-refractivity contribution in [2.45, 2.75) is 0 Å². The Kier molecular flexibility index (Phi) is 6.66. The topological polar surface area (TPSA) is 30.7 Å². The first-order valence-electron chi connectivity index (χ1n) is 8.19. The second-order valence-electron chi connectivity index (χ2n) is 5.46. The first-order chi connectivity index (χ1) is 12.9. The molecule has 27 heavy (non-hydrogen) atoms. The van der Waals surface area contributed by atoms with Crippen LogP contribution in [0.3, 0.4) is 0 Å². The third-order valence-electron chi connectivity index (χ3n) is 3.68. The Hall–Kier alpha value is -2.59. The van der Waals surface area contributed by atoms with Crippen LogP contribution < -0.4 is 0 Å². The van der Waals surface area contributed by atoms with Crippen LogP contribution in [-0.2, 0) is 20.1 Å². The van der Waals surface area contributed by atoms with Gasteiger partial charge in [-0.3, -0.25) is 9.67 Å². The molecule has 1 radical (unpaired) electrons. The number of thiazole rings is 1. The van der Waals surface area contributed by atoms with Gasteiger partial charge in [-0.15, -0.1) is 42.0 Å². The standard InChI is InChI=1S/C13H8NS.C9H7N2.Ir/c1-2-6-10(7-3-1)13-14-11-8-4-5-9-12(11)15-13;1-2-5-9(6-3-1)11-8-4-7-10-11;/h1-6,8-9H;1-5,7-8H;/q2*-1;. The van der Waals surface area contributed by atoms with E-state index in [1.807, 2.05) is 79.0 Å². The van der Waals surface area contributed by atoms with Crippen molar-refractivity contribution in [3.8, 4) is 16.3 Å². The Labute approximate surface area is 175 Å². The fourth-order valence-electron chi connectivity index (χ4n) is 2.45. The molecule has 2 heterocycles. The van der Waals surface area contributed by atoms with Crippen LogP contribution in [0.2, 0.25) is 0 Å². The molecule has 0 fully saturated rings. The maximum Gasteiger partial charge on any atom is 0.0697 e. The van der Waals surface area contributed by atoms with Crippen LogP contribution in [0.4, 0.5) is 0 Å². The number of para-hydroxylation sites is 2. The minimum Gasteiger partial charge on any atom is -0.285 e. The van der Waals surface area contributed by atoms with Crippen molar-refractivity contribution in [3.63, 3.8) is 0 Å². The number of nitrogens with zero attached hydrogens (tertiary/aromatic N) is 3. The molecule has 0 atom stereocenters. The van der Waals surface area contributed by atoms with Crippen LogP contribution >= 0.6 is 11.3 Å². The van der Waals surface area contributed by atoms with E-state index in [1.165, 1.54) is 4.70 Å². The van der Waals surface area contributed by atoms with E-state index in [2.05, 4.69) is 28.3 Å². The molecule has 5 rings (SSSR count). The average Bonchev–Trinajstić information content (AvgIpc) is 3.40. The molecule has 5 aromatic rings. The van der Waals surface area contributed by atoms with Crippen LogP contribution in [0.25, 0.3) is 26.5 Å². The van der Waals surface area contributed by atoms with Gasteiger partial charge in [0.15, 0.2) is 0 Å². The minimum atomic E-state index is 0. The van der Waals surface area contributed by atoms with Gasteiger partial charge in [0, 0.05) is 42.2 Å². The summed E-state index contributed by atoms with van der Waals surface area (Å²) in [5, 5.41) is 5.11. The number of benzene rings is 3. The summed E-state index contributed by atoms with van der Waals surface area (Å²) in [7, 11) is 0. The molecule has 0 aliphatic heterocycles. The summed E-state index contributed by atoms with van der Waals surface area (Å²) in [4.78, 5) is 4.57. The summed E-state index contributed by atoms with van der Waals surface area (Å²) in [6.07, 6.45) is 3.65. The molecule has 135 valence electrons. The zero-order valence-corrected chi connectivity index (χ0v) is 17.5. The molecule has 0 saturated carbocycles. The third-order valence-corrected chi connectivity index (χ3v) is 4.75. The van der Waals surface area contributed by atoms with Gasteiger partial charge in [0.25, 0.3) is 0 Å². The van der Waals surface area contributed by atoms with E-state index in [-0.39, 0.29) is 20.1 Å². The summed E-state index contributed by atoms with van der Waals surface area (Å²) >= 11 is 1.71. The molecule has 0 aliphatic rings. The van der Waals surface area contributed by atoms with Gasteiger partial charge in [-0.1, -0.05) is 12.1 Å². The van der Waals surface area contributed by atoms with Gasteiger partial charge >= 0.3 is 0 Å². The van der Waals surface area contributed by atoms with Crippen molar-refractivity contribution in [1.82, 2.24) is 14.8 Å². The third kappa shape index (κ3) is 4.77. The van der Waals surface area contributed by atoms with E-state index < -0.39 is 0 Å². The van der Waals surface area contributed by atoms with Gasteiger partial charge in [-0.05, 0) is 23.9 Å². The predicted octanol–water partition coefficient (Wildman–Crippen LogP) is 5.43. The first kappa shape index (κ1) is 19.2. The van der Waals surface area contributed by atoms with E-state index in [0.717, 1.165) is 21.8 Å². The van der Waals surface area contributed by atoms with E-state index in [9.17, 15) is 0 Å². The molecule has 0 spiro atoms. The molecular formula is C22H15IrN3S-2. The Balaban J connectivity index is 0.000000157. The van der Waals surface area contributed by atoms with Gasteiger partial charge in [0.2, 0.25) is 0 Å². The number of hydrogen-bond acceptors (Lipinski definition) is 3. The number of hydrogen-bond donors (Lipinski definition) is 0. The zero-order valence-electron chi connectivity index (χ0n) is 14.2. The van der Waals surface area contributed by atoms with E-state index in [4.69, 9.17) is 0 Å². The molecule has 0 saturated heterocycles. The van der Waals surface area contributed by atoms with Gasteiger partial charge in [-0.25, -0.2) is 0 Å². The number of rotatable bonds is 2. The smallest absolute Gasteiger partial charge is 0.0697 e. The Bertz CT molecular complexity index is 1040. The Morgan fingerprint density at radius 1 is 0.815 bits per heavy atom. The van der Waals surface area contributed by atoms with Crippen LogP contribution in [0, 0.1) is 12.1 Å². The molecule has 2 aromatic heterocycles. The molecule has 3 aromatic carbocycles. The van der Waals surface area contributed by atoms with Gasteiger partial charge in [0.1, 0.15) is 0 Å². The van der Waals surface area contributed by atoms with Crippen LogP contribution in [0.1, 0.15) is 0 Å². The molecule has 3 nitrogen and oxygen atoms in total. The summed E-state index contributed by atoms with van der Waals surface area (Å²) in [6.45, 7) is 0. The van der Waals surface area contributed by atoms with Gasteiger partial charge in [0.05, 0.1) is 5.52 Å². The van der Waals surface area contributed by atoms with Crippen molar-refractivity contribution in [1.29, 1.82) is 0 Å². The maximum absolute atomic E-state index is 4.57. The summed E-state index contributed by atoms with van der Waals surface area (Å²) in [5.41, 5.74) is 3.10. The second-order valence-corrected chi connectivity index (χ2v) is 6.49. The maximum atomic E-state index is 4.57. The van der Waals surface area contributed by atoms with Crippen molar-refractivity contribution < 1.29 is 20.1 Å². The summed E-state index contributed by atoms with van der Waals surface area (Å²) in [6, 6.07) is 32.0. The van der Waals surface area contributed by atoms with E-state index in [0.29, 0.717) is 0 Å². The van der Waals surface area contributed by atoms with E-state index in [1.54, 1.807) is 22.2 Å². The van der Waals surface area contributed by atoms with Crippen LogP contribution in [0.5, 0.6) is 0 Å². The van der Waals surface area contributed by atoms with Crippen molar-refractivity contribution in [3.05, 3.63) is 103 Å². The van der Waals surface area contributed by atoms with E-state index >= 15 is 0 Å².